The van der Waals surface area contributed by atoms with Gasteiger partial charge in [0.05, 0.1) is 5.92 Å². The van der Waals surface area contributed by atoms with Crippen LogP contribution in [0, 0.1) is 5.92 Å². The van der Waals surface area contributed by atoms with Gasteiger partial charge in [-0.3, -0.25) is 4.79 Å². The third-order valence-corrected chi connectivity index (χ3v) is 6.10. The predicted octanol–water partition coefficient (Wildman–Crippen LogP) is 3.27. The molecule has 0 spiro atoms. The van der Waals surface area contributed by atoms with Crippen LogP contribution in [-0.2, 0) is 9.53 Å². The number of carboxylic acid groups (broad SMARTS) is 1. The number of carbonyl (C=O) groups excluding carboxylic acids is 1. The number of piperidine rings is 1. The van der Waals surface area contributed by atoms with Gasteiger partial charge < -0.3 is 19.6 Å². The molecule has 1 aliphatic carbocycles. The molecule has 0 aromatic heterocycles. The molecule has 2 unspecified atom stereocenters. The Labute approximate surface area is 170 Å². The number of hydrogen-bond donors (Lipinski definition) is 1. The third kappa shape index (κ3) is 3.72. The number of amides is 1. The molecular formula is C23H26N2O4. The highest BCUT2D eigenvalue weighted by atomic mass is 16.6. The summed E-state index contributed by atoms with van der Waals surface area (Å²) in [6.45, 7) is 0.914. The topological polar surface area (TPSA) is 70.1 Å². The molecule has 2 aliphatic rings. The minimum atomic E-state index is -0.868. The van der Waals surface area contributed by atoms with E-state index in [1.807, 2.05) is 43.3 Å². The molecule has 2 aromatic carbocycles. The summed E-state index contributed by atoms with van der Waals surface area (Å²) in [5.74, 6) is -1.44. The van der Waals surface area contributed by atoms with Crippen LogP contribution in [0.15, 0.2) is 48.5 Å². The molecule has 1 N–H and O–H groups in total. The summed E-state index contributed by atoms with van der Waals surface area (Å²) >= 11 is 0. The van der Waals surface area contributed by atoms with Crippen molar-refractivity contribution < 1.29 is 19.4 Å². The van der Waals surface area contributed by atoms with Gasteiger partial charge in [0.15, 0.2) is 0 Å². The highest BCUT2D eigenvalue weighted by Crippen LogP contribution is 2.44. The standard InChI is InChI=1S/C23H26N2O4/c1-24(2)16-11-15(22(26)27)12-25(13-16)23(28)29-14-21-19-9-5-3-7-17(19)18-8-4-6-10-20(18)21/h3-10,15-16,21H,11-14H2,1-2H3,(H,26,27). The highest BCUT2D eigenvalue weighted by molar-refractivity contribution is 5.79. The zero-order chi connectivity index (χ0) is 20.5. The van der Waals surface area contributed by atoms with Crippen molar-refractivity contribution in [3.8, 4) is 11.1 Å². The van der Waals surface area contributed by atoms with E-state index in [0.717, 1.165) is 11.1 Å². The summed E-state index contributed by atoms with van der Waals surface area (Å²) in [7, 11) is 3.82. The number of likely N-dealkylation sites (N-methyl/N-ethyl adjacent to an activating group) is 1. The largest absolute Gasteiger partial charge is 0.481 e. The number of carbonyl (C=O) groups is 2. The fraction of sp³-hybridized carbons (Fsp3) is 0.391. The molecule has 29 heavy (non-hydrogen) atoms. The first-order valence-corrected chi connectivity index (χ1v) is 9.95. The summed E-state index contributed by atoms with van der Waals surface area (Å²) in [4.78, 5) is 27.9. The van der Waals surface area contributed by atoms with Gasteiger partial charge in [0.2, 0.25) is 0 Å². The van der Waals surface area contributed by atoms with Crippen LogP contribution in [0.2, 0.25) is 0 Å². The second kappa shape index (κ2) is 7.87. The maximum atomic E-state index is 12.8. The summed E-state index contributed by atoms with van der Waals surface area (Å²) in [5, 5.41) is 9.46. The zero-order valence-electron chi connectivity index (χ0n) is 16.7. The number of carboxylic acids is 1. The smallest absolute Gasteiger partial charge is 0.409 e. The van der Waals surface area contributed by atoms with Gasteiger partial charge in [-0.25, -0.2) is 4.79 Å². The lowest BCUT2D eigenvalue weighted by Crippen LogP contribution is -2.52. The lowest BCUT2D eigenvalue weighted by Gasteiger charge is -2.38. The van der Waals surface area contributed by atoms with Gasteiger partial charge in [0.25, 0.3) is 0 Å². The van der Waals surface area contributed by atoms with E-state index in [4.69, 9.17) is 4.74 Å². The number of aliphatic carboxylic acids is 1. The summed E-state index contributed by atoms with van der Waals surface area (Å²) < 4.78 is 5.71. The second-order valence-electron chi connectivity index (χ2n) is 8.10. The van der Waals surface area contributed by atoms with Crippen LogP contribution in [0.4, 0.5) is 4.79 Å². The van der Waals surface area contributed by atoms with Crippen LogP contribution >= 0.6 is 0 Å². The molecule has 1 heterocycles. The van der Waals surface area contributed by atoms with E-state index in [1.165, 1.54) is 11.1 Å². The number of rotatable bonds is 4. The minimum absolute atomic E-state index is 0.00365. The van der Waals surface area contributed by atoms with Gasteiger partial charge in [0.1, 0.15) is 6.61 Å². The quantitative estimate of drug-likeness (QED) is 0.862. The number of fused-ring (bicyclic) bond motifs is 3. The van der Waals surface area contributed by atoms with Crippen molar-refractivity contribution in [2.24, 2.45) is 5.92 Å². The fourth-order valence-electron chi connectivity index (χ4n) is 4.46. The summed E-state index contributed by atoms with van der Waals surface area (Å²) in [5.41, 5.74) is 4.69. The van der Waals surface area contributed by atoms with Gasteiger partial charge in [-0.05, 0) is 42.8 Å². The van der Waals surface area contributed by atoms with E-state index in [2.05, 4.69) is 24.3 Å². The molecule has 0 saturated carbocycles. The average Bonchev–Trinajstić information content (AvgIpc) is 3.05. The Hall–Kier alpha value is -2.86. The molecule has 152 valence electrons. The zero-order valence-corrected chi connectivity index (χ0v) is 16.7. The Kier molecular flexibility index (Phi) is 5.28. The maximum Gasteiger partial charge on any atom is 0.409 e. The van der Waals surface area contributed by atoms with E-state index in [9.17, 15) is 14.7 Å². The average molecular weight is 394 g/mol. The molecule has 0 bridgehead atoms. The Morgan fingerprint density at radius 1 is 1.03 bits per heavy atom. The maximum absolute atomic E-state index is 12.8. The van der Waals surface area contributed by atoms with E-state index < -0.39 is 18.0 Å². The second-order valence-corrected chi connectivity index (χ2v) is 8.10. The van der Waals surface area contributed by atoms with Gasteiger partial charge in [-0.2, -0.15) is 0 Å². The Morgan fingerprint density at radius 2 is 1.62 bits per heavy atom. The minimum Gasteiger partial charge on any atom is -0.481 e. The monoisotopic (exact) mass is 394 g/mol. The van der Waals surface area contributed by atoms with Crippen LogP contribution in [0.1, 0.15) is 23.5 Å². The molecule has 2 atom stereocenters. The molecule has 1 fully saturated rings. The summed E-state index contributed by atoms with van der Waals surface area (Å²) in [6.07, 6.45) is 0.0971. The van der Waals surface area contributed by atoms with E-state index in [0.29, 0.717) is 13.0 Å². The molecule has 6 nitrogen and oxygen atoms in total. The molecule has 1 amide bonds. The van der Waals surface area contributed by atoms with Gasteiger partial charge in [-0.1, -0.05) is 48.5 Å². The Balaban J connectivity index is 1.49. The molecule has 2 aromatic rings. The van der Waals surface area contributed by atoms with E-state index >= 15 is 0 Å². The van der Waals surface area contributed by atoms with Crippen LogP contribution in [-0.4, -0.2) is 66.8 Å². The van der Waals surface area contributed by atoms with Crippen molar-refractivity contribution in [2.45, 2.75) is 18.4 Å². The van der Waals surface area contributed by atoms with Crippen molar-refractivity contribution in [1.82, 2.24) is 9.80 Å². The first-order chi connectivity index (χ1) is 14.0. The van der Waals surface area contributed by atoms with Crippen molar-refractivity contribution in [2.75, 3.05) is 33.8 Å². The number of likely N-dealkylation sites (tertiary alicyclic amines) is 1. The van der Waals surface area contributed by atoms with Crippen LogP contribution in [0.5, 0.6) is 0 Å². The van der Waals surface area contributed by atoms with Gasteiger partial charge in [-0.15, -0.1) is 0 Å². The normalized spacial score (nSPS) is 21.0. The van der Waals surface area contributed by atoms with Crippen LogP contribution in [0.25, 0.3) is 11.1 Å². The Morgan fingerprint density at radius 3 is 2.17 bits per heavy atom. The third-order valence-electron chi connectivity index (χ3n) is 6.10. The van der Waals surface area contributed by atoms with Crippen molar-refractivity contribution in [3.05, 3.63) is 59.7 Å². The van der Waals surface area contributed by atoms with Gasteiger partial charge in [0, 0.05) is 25.0 Å². The number of benzene rings is 2. The number of hydrogen-bond acceptors (Lipinski definition) is 4. The molecule has 6 heteroatoms. The van der Waals surface area contributed by atoms with E-state index in [1.54, 1.807) is 4.90 Å². The Bertz CT molecular complexity index is 881. The van der Waals surface area contributed by atoms with Crippen molar-refractivity contribution >= 4 is 12.1 Å². The first kappa shape index (κ1) is 19.5. The predicted molar refractivity (Wildman–Crippen MR) is 110 cm³/mol. The number of nitrogens with zero attached hydrogens (tertiary/aromatic N) is 2. The molecule has 1 aliphatic heterocycles. The lowest BCUT2D eigenvalue weighted by molar-refractivity contribution is -0.144. The lowest BCUT2D eigenvalue weighted by atomic mass is 9.94. The molecule has 0 radical (unpaired) electrons. The van der Waals surface area contributed by atoms with Gasteiger partial charge >= 0.3 is 12.1 Å². The SMILES string of the molecule is CN(C)C1CC(C(=O)O)CN(C(=O)OCC2c3ccccc3-c3ccccc32)C1. The van der Waals surface area contributed by atoms with Crippen molar-refractivity contribution in [1.29, 1.82) is 0 Å². The fourth-order valence-corrected chi connectivity index (χ4v) is 4.46. The highest BCUT2D eigenvalue weighted by Gasteiger charge is 2.36. The molecular weight excluding hydrogens is 368 g/mol. The van der Waals surface area contributed by atoms with Crippen molar-refractivity contribution in [3.63, 3.8) is 0 Å². The van der Waals surface area contributed by atoms with E-state index in [-0.39, 0.29) is 25.1 Å². The number of ether oxygens (including phenoxy) is 1. The summed E-state index contributed by atoms with van der Waals surface area (Å²) in [6, 6.07) is 16.4. The van der Waals surface area contributed by atoms with Crippen LogP contribution < -0.4 is 0 Å². The molecule has 4 rings (SSSR count). The van der Waals surface area contributed by atoms with Crippen LogP contribution in [0.3, 0.4) is 0 Å². The first-order valence-electron chi connectivity index (χ1n) is 9.95. The molecule has 1 saturated heterocycles.